The average Bonchev–Trinajstić information content (AvgIpc) is 2.36. The number of carbonyl (C=O) groups excluding carboxylic acids is 1. The van der Waals surface area contributed by atoms with Gasteiger partial charge in [0.05, 0.1) is 33.2 Å². The minimum atomic E-state index is -3.22. The maximum atomic E-state index is 10.9. The first-order chi connectivity index (χ1) is 9.58. The van der Waals surface area contributed by atoms with Gasteiger partial charge in [0, 0.05) is 0 Å². The highest BCUT2D eigenvalue weighted by atomic mass is 16.7. The topological polar surface area (TPSA) is 199 Å². The molecule has 0 spiro atoms. The van der Waals surface area contributed by atoms with Crippen LogP contribution in [0.15, 0.2) is 0 Å². The van der Waals surface area contributed by atoms with Crippen LogP contribution in [0.5, 0.6) is 0 Å². The van der Waals surface area contributed by atoms with E-state index in [4.69, 9.17) is 0 Å². The zero-order valence-electron chi connectivity index (χ0n) is 10.6. The zero-order chi connectivity index (χ0) is 16.8. The smallest absolute Gasteiger partial charge is 0.469 e. The van der Waals surface area contributed by atoms with Crippen LogP contribution in [0.3, 0.4) is 0 Å². The number of methoxy groups -OCH3 is 1. The van der Waals surface area contributed by atoms with Crippen molar-refractivity contribution in [3.05, 3.63) is 40.5 Å². The summed E-state index contributed by atoms with van der Waals surface area (Å²) in [6, 6.07) is 0. The summed E-state index contributed by atoms with van der Waals surface area (Å²) in [5.74, 6) is -1.03. The van der Waals surface area contributed by atoms with Gasteiger partial charge in [-0.2, -0.15) is 0 Å². The number of esters is 1. The van der Waals surface area contributed by atoms with Crippen molar-refractivity contribution in [3.8, 4) is 0 Å². The van der Waals surface area contributed by atoms with Gasteiger partial charge in [0.2, 0.25) is 6.42 Å². The summed E-state index contributed by atoms with van der Waals surface area (Å²) >= 11 is 0. The van der Waals surface area contributed by atoms with Gasteiger partial charge in [-0.25, -0.2) is 0 Å². The van der Waals surface area contributed by atoms with Gasteiger partial charge in [0.15, 0.2) is 0 Å². The fraction of sp³-hybridized carbons (Fsp3) is 0.857. The molecule has 0 unspecified atom stereocenters. The molecule has 0 rings (SSSR count). The molecule has 0 aliphatic heterocycles. The molecule has 0 atom stereocenters. The molecular weight excluding hydrogens is 300 g/mol. The Labute approximate surface area is 115 Å². The van der Waals surface area contributed by atoms with Gasteiger partial charge < -0.3 is 4.74 Å². The third-order valence-corrected chi connectivity index (χ3v) is 2.63. The molecule has 14 nitrogen and oxygen atoms in total. The van der Waals surface area contributed by atoms with Crippen molar-refractivity contribution in [1.29, 1.82) is 0 Å². The van der Waals surface area contributed by atoms with Crippen LogP contribution in [0, 0.1) is 40.5 Å². The number of hydrogen-bond acceptors (Lipinski definition) is 10. The fourth-order valence-electron chi connectivity index (χ4n) is 1.42. The number of ether oxygens (including phenoxy) is 1. The second-order valence-corrected chi connectivity index (χ2v) is 3.83. The molecule has 0 aromatic rings. The van der Waals surface area contributed by atoms with Gasteiger partial charge in [-0.15, -0.1) is 0 Å². The van der Waals surface area contributed by atoms with Crippen molar-refractivity contribution in [3.63, 3.8) is 0 Å². The van der Waals surface area contributed by atoms with Crippen molar-refractivity contribution in [2.45, 2.75) is 31.1 Å². The first-order valence-electron chi connectivity index (χ1n) is 5.21. The molecule has 0 saturated carbocycles. The molecule has 0 radical (unpaired) electrons. The minimum Gasteiger partial charge on any atom is -0.469 e. The van der Waals surface area contributed by atoms with E-state index in [1.54, 1.807) is 0 Å². The summed E-state index contributed by atoms with van der Waals surface area (Å²) in [4.78, 5) is 47.8. The van der Waals surface area contributed by atoms with E-state index in [-0.39, 0.29) is 0 Å². The lowest BCUT2D eigenvalue weighted by Crippen LogP contribution is -2.51. The normalized spacial score (nSPS) is 11.0. The minimum absolute atomic E-state index is 0.791. The summed E-state index contributed by atoms with van der Waals surface area (Å²) < 4.78 is 4.15. The summed E-state index contributed by atoms with van der Waals surface area (Å²) in [5, 5.41) is 42.8. The van der Waals surface area contributed by atoms with Crippen molar-refractivity contribution < 1.29 is 29.2 Å². The maximum absolute atomic E-state index is 10.9. The number of hydrogen-bond donors (Lipinski definition) is 0. The zero-order valence-corrected chi connectivity index (χ0v) is 10.6. The number of carbonyl (C=O) groups is 1. The van der Waals surface area contributed by atoms with E-state index in [9.17, 15) is 45.3 Å². The third kappa shape index (κ3) is 4.29. The van der Waals surface area contributed by atoms with Crippen LogP contribution in [-0.2, 0) is 9.53 Å². The lowest BCUT2D eigenvalue weighted by atomic mass is 9.99. The number of nitrogens with zero attached hydrogens (tertiary/aromatic N) is 4. The van der Waals surface area contributed by atoms with Crippen LogP contribution in [0.1, 0.15) is 19.3 Å². The molecule has 118 valence electrons. The highest BCUT2D eigenvalue weighted by molar-refractivity contribution is 5.69. The van der Waals surface area contributed by atoms with E-state index in [1.807, 2.05) is 0 Å². The van der Waals surface area contributed by atoms with Gasteiger partial charge >= 0.3 is 17.8 Å². The van der Waals surface area contributed by atoms with Crippen LogP contribution in [0.25, 0.3) is 0 Å². The largest absolute Gasteiger partial charge is 0.473 e. The van der Waals surface area contributed by atoms with Crippen LogP contribution in [0.2, 0.25) is 0 Å². The molecule has 0 aliphatic rings. The van der Waals surface area contributed by atoms with E-state index < -0.39 is 56.8 Å². The van der Waals surface area contributed by atoms with E-state index in [1.165, 1.54) is 0 Å². The molecule has 0 bridgehead atoms. The van der Waals surface area contributed by atoms with Crippen LogP contribution in [0.4, 0.5) is 0 Å². The molecule has 0 aromatic carbocycles. The summed E-state index contributed by atoms with van der Waals surface area (Å²) in [7, 11) is 0.930. The Kier molecular flexibility index (Phi) is 6.04. The predicted octanol–water partition coefficient (Wildman–Crippen LogP) is -0.541. The molecular formula is C7H10N4O10. The van der Waals surface area contributed by atoms with Crippen molar-refractivity contribution in [2.24, 2.45) is 0 Å². The molecule has 14 heteroatoms. The molecule has 0 fully saturated rings. The monoisotopic (exact) mass is 310 g/mol. The van der Waals surface area contributed by atoms with Gasteiger partial charge in [-0.3, -0.25) is 45.3 Å². The van der Waals surface area contributed by atoms with E-state index in [2.05, 4.69) is 4.74 Å². The quantitative estimate of drug-likeness (QED) is 0.230. The molecule has 0 heterocycles. The summed E-state index contributed by atoms with van der Waals surface area (Å²) in [5.41, 5.74) is -3.22. The average molecular weight is 310 g/mol. The second-order valence-electron chi connectivity index (χ2n) is 3.83. The molecule has 21 heavy (non-hydrogen) atoms. The Morgan fingerprint density at radius 2 is 1.48 bits per heavy atom. The van der Waals surface area contributed by atoms with Crippen molar-refractivity contribution in [1.82, 2.24) is 0 Å². The lowest BCUT2D eigenvalue weighted by Gasteiger charge is -2.15. The molecule has 0 aliphatic carbocycles. The van der Waals surface area contributed by atoms with Crippen molar-refractivity contribution >= 4 is 5.97 Å². The summed E-state index contributed by atoms with van der Waals surface area (Å²) in [6.07, 6.45) is -6.19. The third-order valence-electron chi connectivity index (χ3n) is 2.63. The van der Waals surface area contributed by atoms with Gasteiger partial charge in [0.25, 0.3) is 0 Å². The highest BCUT2D eigenvalue weighted by Crippen LogP contribution is 2.26. The first kappa shape index (κ1) is 18.1. The Morgan fingerprint density at radius 1 is 1.05 bits per heavy atom. The lowest BCUT2D eigenvalue weighted by molar-refractivity contribution is -0.824. The predicted molar refractivity (Wildman–Crippen MR) is 60.4 cm³/mol. The summed E-state index contributed by atoms with van der Waals surface area (Å²) in [6.45, 7) is 0. The SMILES string of the molecule is COC(=O)CCC(CC([N+](=O)[O-])[N+](=O)[O-])([N+](=O)[O-])[N+](=O)[O-]. The highest BCUT2D eigenvalue weighted by Gasteiger charge is 2.63. The number of rotatable bonds is 9. The molecule has 0 aromatic heterocycles. The van der Waals surface area contributed by atoms with Gasteiger partial charge in [-0.05, 0) is 0 Å². The van der Waals surface area contributed by atoms with E-state index >= 15 is 0 Å². The van der Waals surface area contributed by atoms with E-state index in [0.717, 1.165) is 7.11 Å². The van der Waals surface area contributed by atoms with Crippen LogP contribution >= 0.6 is 0 Å². The Bertz CT molecular complexity index is 448. The van der Waals surface area contributed by atoms with E-state index in [0.29, 0.717) is 0 Å². The van der Waals surface area contributed by atoms with Gasteiger partial charge in [-0.1, -0.05) is 0 Å². The standard InChI is InChI=1S/C7H10N4O10/c1-21-6(12)2-3-7(10(17)18,11(19)20)4-5(8(13)14)9(15)16/h5H,2-4H2,1H3. The second kappa shape index (κ2) is 7.01. The Balaban J connectivity index is 5.53. The van der Waals surface area contributed by atoms with Gasteiger partial charge in [0.1, 0.15) is 6.42 Å². The van der Waals surface area contributed by atoms with Crippen molar-refractivity contribution in [2.75, 3.05) is 7.11 Å². The Morgan fingerprint density at radius 3 is 1.76 bits per heavy atom. The Hall–Kier alpha value is -2.93. The fourth-order valence-corrected chi connectivity index (χ4v) is 1.42. The molecule has 0 saturated heterocycles. The first-order valence-corrected chi connectivity index (χ1v) is 5.21. The van der Waals surface area contributed by atoms with Crippen LogP contribution < -0.4 is 0 Å². The maximum Gasteiger partial charge on any atom is 0.473 e. The number of nitro groups is 4. The molecule has 0 amide bonds. The van der Waals surface area contributed by atoms with Crippen LogP contribution in [-0.4, -0.2) is 44.6 Å². The molecule has 0 N–H and O–H groups in total.